The van der Waals surface area contributed by atoms with E-state index < -0.39 is 0 Å². The fourth-order valence-electron chi connectivity index (χ4n) is 2.82. The summed E-state index contributed by atoms with van der Waals surface area (Å²) in [4.78, 5) is 14.5. The van der Waals surface area contributed by atoms with Crippen molar-refractivity contribution in [2.75, 3.05) is 19.7 Å². The van der Waals surface area contributed by atoms with E-state index in [2.05, 4.69) is 17.1 Å². The van der Waals surface area contributed by atoms with Crippen LogP contribution in [0.5, 0.6) is 0 Å². The van der Waals surface area contributed by atoms with E-state index in [9.17, 15) is 4.79 Å². The maximum Gasteiger partial charge on any atom is 0.275 e. The van der Waals surface area contributed by atoms with Crippen molar-refractivity contribution in [3.63, 3.8) is 0 Å². The van der Waals surface area contributed by atoms with E-state index in [1.165, 1.54) is 0 Å². The molecule has 112 valence electrons. The van der Waals surface area contributed by atoms with E-state index in [0.29, 0.717) is 12.2 Å². The van der Waals surface area contributed by atoms with Gasteiger partial charge in [-0.1, -0.05) is 25.1 Å². The van der Waals surface area contributed by atoms with Gasteiger partial charge in [0.2, 0.25) is 0 Å². The normalized spacial score (nSPS) is 19.1. The zero-order valence-electron chi connectivity index (χ0n) is 12.3. The molecule has 0 bridgehead atoms. The molecular formula is C16H21N3O2. The third kappa shape index (κ3) is 2.93. The molecule has 0 spiro atoms. The fraction of sp³-hybridized carbons (Fsp3) is 0.500. The monoisotopic (exact) mass is 287 g/mol. The minimum absolute atomic E-state index is 0.00255. The lowest BCUT2D eigenvalue weighted by Crippen LogP contribution is -2.43. The van der Waals surface area contributed by atoms with Crippen LogP contribution in [0.2, 0.25) is 0 Å². The largest absolute Gasteiger partial charge is 0.376 e. The number of benzene rings is 1. The molecule has 0 aliphatic carbocycles. The van der Waals surface area contributed by atoms with Gasteiger partial charge in [0.05, 0.1) is 11.6 Å². The second kappa shape index (κ2) is 6.26. The standard InChI is InChI=1S/C16H21N3O2/c1-2-10-21-12-6-5-9-19(11-12)16(20)15-13-7-3-4-8-14(13)17-18-15/h3-4,7-8,12H,2,5-6,9-11H2,1H3,(H,17,18)/t12-/m1/s1. The van der Waals surface area contributed by atoms with E-state index >= 15 is 0 Å². The van der Waals surface area contributed by atoms with Gasteiger partial charge in [-0.2, -0.15) is 5.10 Å². The molecule has 1 aromatic carbocycles. The average Bonchev–Trinajstić information content (AvgIpc) is 2.96. The van der Waals surface area contributed by atoms with Crippen LogP contribution in [0.25, 0.3) is 10.9 Å². The molecule has 0 radical (unpaired) electrons. The highest BCUT2D eigenvalue weighted by molar-refractivity contribution is 6.04. The Morgan fingerprint density at radius 1 is 1.48 bits per heavy atom. The van der Waals surface area contributed by atoms with Gasteiger partial charge >= 0.3 is 0 Å². The maximum absolute atomic E-state index is 12.7. The van der Waals surface area contributed by atoms with Crippen LogP contribution in [0.4, 0.5) is 0 Å². The number of piperidine rings is 1. The first-order valence-electron chi connectivity index (χ1n) is 7.63. The molecule has 1 fully saturated rings. The number of amides is 1. The number of hydrogen-bond donors (Lipinski definition) is 1. The molecule has 5 nitrogen and oxygen atoms in total. The van der Waals surface area contributed by atoms with Crippen molar-refractivity contribution in [1.29, 1.82) is 0 Å². The summed E-state index contributed by atoms with van der Waals surface area (Å²) in [5, 5.41) is 8.01. The van der Waals surface area contributed by atoms with Crippen molar-refractivity contribution in [2.45, 2.75) is 32.3 Å². The van der Waals surface area contributed by atoms with Crippen molar-refractivity contribution in [3.05, 3.63) is 30.0 Å². The van der Waals surface area contributed by atoms with E-state index in [4.69, 9.17) is 4.74 Å². The molecule has 1 N–H and O–H groups in total. The van der Waals surface area contributed by atoms with E-state index in [1.807, 2.05) is 29.2 Å². The first-order valence-corrected chi connectivity index (χ1v) is 7.63. The zero-order chi connectivity index (χ0) is 14.7. The van der Waals surface area contributed by atoms with Crippen LogP contribution >= 0.6 is 0 Å². The lowest BCUT2D eigenvalue weighted by atomic mass is 10.1. The summed E-state index contributed by atoms with van der Waals surface area (Å²) in [6.07, 6.45) is 3.19. The molecule has 1 aliphatic heterocycles. The first-order chi connectivity index (χ1) is 10.3. The number of aromatic amines is 1. The quantitative estimate of drug-likeness (QED) is 0.940. The summed E-state index contributed by atoms with van der Waals surface area (Å²) < 4.78 is 5.80. The molecule has 21 heavy (non-hydrogen) atoms. The third-order valence-electron chi connectivity index (χ3n) is 3.90. The van der Waals surface area contributed by atoms with Crippen LogP contribution in [0, 0.1) is 0 Å². The molecule has 1 saturated heterocycles. The summed E-state index contributed by atoms with van der Waals surface area (Å²) in [6, 6.07) is 7.73. The van der Waals surface area contributed by atoms with Gasteiger partial charge in [-0.25, -0.2) is 0 Å². The summed E-state index contributed by atoms with van der Waals surface area (Å²) in [5.41, 5.74) is 1.42. The second-order valence-corrected chi connectivity index (χ2v) is 5.50. The number of carbonyl (C=O) groups is 1. The Balaban J connectivity index is 1.75. The van der Waals surface area contributed by atoms with Crippen molar-refractivity contribution < 1.29 is 9.53 Å². The zero-order valence-corrected chi connectivity index (χ0v) is 12.3. The number of fused-ring (bicyclic) bond motifs is 1. The van der Waals surface area contributed by atoms with Crippen LogP contribution < -0.4 is 0 Å². The lowest BCUT2D eigenvalue weighted by Gasteiger charge is -2.32. The van der Waals surface area contributed by atoms with Crippen LogP contribution in [0.3, 0.4) is 0 Å². The number of likely N-dealkylation sites (tertiary alicyclic amines) is 1. The molecule has 1 aliphatic rings. The van der Waals surface area contributed by atoms with Crippen molar-refractivity contribution in [2.24, 2.45) is 0 Å². The highest BCUT2D eigenvalue weighted by Gasteiger charge is 2.27. The number of nitrogens with zero attached hydrogens (tertiary/aromatic N) is 2. The number of H-pyrrole nitrogens is 1. The van der Waals surface area contributed by atoms with Gasteiger partial charge in [0, 0.05) is 25.1 Å². The number of carbonyl (C=O) groups excluding carboxylic acids is 1. The maximum atomic E-state index is 12.7. The number of ether oxygens (including phenoxy) is 1. The van der Waals surface area contributed by atoms with Gasteiger partial charge < -0.3 is 9.64 Å². The fourth-order valence-corrected chi connectivity index (χ4v) is 2.82. The minimum atomic E-state index is -0.00255. The number of nitrogens with one attached hydrogen (secondary N) is 1. The summed E-state index contributed by atoms with van der Waals surface area (Å²) in [6.45, 7) is 4.31. The number of rotatable bonds is 4. The molecule has 5 heteroatoms. The Hall–Kier alpha value is -1.88. The molecule has 3 rings (SSSR count). The van der Waals surface area contributed by atoms with E-state index in [1.54, 1.807) is 0 Å². The minimum Gasteiger partial charge on any atom is -0.376 e. The summed E-state index contributed by atoms with van der Waals surface area (Å²) >= 11 is 0. The highest BCUT2D eigenvalue weighted by Crippen LogP contribution is 2.20. The predicted octanol–water partition coefficient (Wildman–Crippen LogP) is 2.59. The number of para-hydroxylation sites is 1. The molecule has 1 atom stereocenters. The van der Waals surface area contributed by atoms with Crippen molar-refractivity contribution >= 4 is 16.8 Å². The number of aromatic nitrogens is 2. The smallest absolute Gasteiger partial charge is 0.275 e. The Morgan fingerprint density at radius 3 is 3.19 bits per heavy atom. The first kappa shape index (κ1) is 14.1. The molecular weight excluding hydrogens is 266 g/mol. The van der Waals surface area contributed by atoms with Gasteiger partial charge in [-0.15, -0.1) is 0 Å². The Bertz CT molecular complexity index is 623. The van der Waals surface area contributed by atoms with Crippen molar-refractivity contribution in [1.82, 2.24) is 15.1 Å². The van der Waals surface area contributed by atoms with Crippen LogP contribution in [-0.2, 0) is 4.74 Å². The Kier molecular flexibility index (Phi) is 4.20. The number of hydrogen-bond acceptors (Lipinski definition) is 3. The van der Waals surface area contributed by atoms with Crippen molar-refractivity contribution in [3.8, 4) is 0 Å². The summed E-state index contributed by atoms with van der Waals surface area (Å²) in [7, 11) is 0. The topological polar surface area (TPSA) is 58.2 Å². The highest BCUT2D eigenvalue weighted by atomic mass is 16.5. The second-order valence-electron chi connectivity index (χ2n) is 5.50. The molecule has 0 saturated carbocycles. The van der Waals surface area contributed by atoms with E-state index in [0.717, 1.165) is 43.3 Å². The Morgan fingerprint density at radius 2 is 2.33 bits per heavy atom. The van der Waals surface area contributed by atoms with Gasteiger partial charge in [-0.3, -0.25) is 9.89 Å². The molecule has 2 heterocycles. The van der Waals surface area contributed by atoms with Gasteiger partial charge in [0.1, 0.15) is 0 Å². The van der Waals surface area contributed by atoms with Crippen LogP contribution in [-0.4, -0.2) is 46.8 Å². The van der Waals surface area contributed by atoms with Gasteiger partial charge in [-0.05, 0) is 25.3 Å². The molecule has 1 aromatic heterocycles. The van der Waals surface area contributed by atoms with Gasteiger partial charge in [0.25, 0.3) is 5.91 Å². The van der Waals surface area contributed by atoms with Gasteiger partial charge in [0.15, 0.2) is 5.69 Å². The SMILES string of the molecule is CCCO[C@@H]1CCCN(C(=O)c2n[nH]c3ccccc23)C1. The van der Waals surface area contributed by atoms with Crippen LogP contribution in [0.1, 0.15) is 36.7 Å². The van der Waals surface area contributed by atoms with E-state index in [-0.39, 0.29) is 12.0 Å². The molecule has 2 aromatic rings. The Labute approximate surface area is 124 Å². The molecule has 1 amide bonds. The summed E-state index contributed by atoms with van der Waals surface area (Å²) in [5.74, 6) is -0.00255. The molecule has 0 unspecified atom stereocenters. The average molecular weight is 287 g/mol. The van der Waals surface area contributed by atoms with Crippen LogP contribution in [0.15, 0.2) is 24.3 Å². The lowest BCUT2D eigenvalue weighted by molar-refractivity contribution is 0.00198. The third-order valence-corrected chi connectivity index (χ3v) is 3.90. The predicted molar refractivity (Wildman–Crippen MR) is 81.3 cm³/mol.